The predicted octanol–water partition coefficient (Wildman–Crippen LogP) is 4.49. The first-order valence-corrected chi connectivity index (χ1v) is 8.66. The van der Waals surface area contributed by atoms with Gasteiger partial charge in [-0.05, 0) is 46.3 Å². The number of rotatable bonds is 3. The van der Waals surface area contributed by atoms with Gasteiger partial charge in [0, 0.05) is 48.3 Å². The number of hydrogen-bond acceptors (Lipinski definition) is 3. The van der Waals surface area contributed by atoms with Crippen LogP contribution in [0.25, 0.3) is 0 Å². The minimum Gasteiger partial charge on any atom is -0.369 e. The molecule has 1 aromatic carbocycles. The van der Waals surface area contributed by atoms with Crippen LogP contribution in [0.3, 0.4) is 0 Å². The van der Waals surface area contributed by atoms with E-state index in [0.717, 1.165) is 37.7 Å². The van der Waals surface area contributed by atoms with Crippen molar-refractivity contribution in [1.29, 1.82) is 0 Å². The van der Waals surface area contributed by atoms with Gasteiger partial charge < -0.3 is 4.90 Å². The molecule has 1 aliphatic heterocycles. The van der Waals surface area contributed by atoms with Crippen LogP contribution in [-0.4, -0.2) is 31.1 Å². The van der Waals surface area contributed by atoms with Gasteiger partial charge in [-0.3, -0.25) is 4.90 Å². The average Bonchev–Trinajstić information content (AvgIpc) is 2.85. The van der Waals surface area contributed by atoms with E-state index < -0.39 is 0 Å². The highest BCUT2D eigenvalue weighted by Crippen LogP contribution is 2.25. The van der Waals surface area contributed by atoms with Crippen molar-refractivity contribution in [1.82, 2.24) is 4.90 Å². The molecule has 2 aromatic rings. The first-order chi connectivity index (χ1) is 9.70. The molecular weight excluding hydrogens is 356 g/mol. The summed E-state index contributed by atoms with van der Waals surface area (Å²) in [5.74, 6) is 0. The Morgan fingerprint density at radius 3 is 2.55 bits per heavy atom. The third-order valence-corrected chi connectivity index (χ3v) is 5.40. The molecule has 1 saturated heterocycles. The van der Waals surface area contributed by atoms with Crippen LogP contribution in [0.15, 0.2) is 40.2 Å². The van der Waals surface area contributed by atoms with E-state index in [1.807, 2.05) is 29.5 Å². The zero-order chi connectivity index (χ0) is 13.9. The third kappa shape index (κ3) is 3.55. The fourth-order valence-electron chi connectivity index (χ4n) is 2.49. The molecule has 0 aliphatic carbocycles. The summed E-state index contributed by atoms with van der Waals surface area (Å²) in [5, 5.41) is 0.813. The first-order valence-electron chi connectivity index (χ1n) is 6.68. The van der Waals surface area contributed by atoms with E-state index in [0.29, 0.717) is 0 Å². The van der Waals surface area contributed by atoms with E-state index in [4.69, 9.17) is 11.6 Å². The fraction of sp³-hybridized carbons (Fsp3) is 0.333. The zero-order valence-electron chi connectivity index (χ0n) is 11.1. The summed E-state index contributed by atoms with van der Waals surface area (Å²) < 4.78 is 1.21. The Morgan fingerprint density at radius 2 is 1.90 bits per heavy atom. The Hall–Kier alpha value is -0.550. The van der Waals surface area contributed by atoms with Crippen molar-refractivity contribution in [3.05, 3.63) is 50.1 Å². The topological polar surface area (TPSA) is 6.48 Å². The molecule has 1 aliphatic rings. The molecule has 5 heteroatoms. The lowest BCUT2D eigenvalue weighted by atomic mass is 10.2. The second kappa shape index (κ2) is 6.48. The van der Waals surface area contributed by atoms with Gasteiger partial charge in [0.25, 0.3) is 0 Å². The van der Waals surface area contributed by atoms with E-state index in [9.17, 15) is 0 Å². The normalized spacial score (nSPS) is 16.6. The lowest BCUT2D eigenvalue weighted by Gasteiger charge is -2.36. The summed E-state index contributed by atoms with van der Waals surface area (Å²) in [5.41, 5.74) is 1.23. The molecular formula is C15H16BrClN2S. The number of halogens is 2. The van der Waals surface area contributed by atoms with Crippen molar-refractivity contribution in [3.8, 4) is 0 Å². The molecule has 2 heterocycles. The maximum atomic E-state index is 6.06. The van der Waals surface area contributed by atoms with Crippen LogP contribution in [0.5, 0.6) is 0 Å². The second-order valence-corrected chi connectivity index (χ2v) is 7.93. The van der Waals surface area contributed by atoms with Gasteiger partial charge in [0.2, 0.25) is 0 Å². The predicted molar refractivity (Wildman–Crippen MR) is 91.0 cm³/mol. The molecule has 20 heavy (non-hydrogen) atoms. The standard InChI is InChI=1S/C15H16BrClN2S/c16-15-5-4-14(20-15)11-18-6-8-19(9-7-18)13-3-1-2-12(17)10-13/h1-5,10H,6-9,11H2. The lowest BCUT2D eigenvalue weighted by molar-refractivity contribution is 0.252. The average molecular weight is 372 g/mol. The molecule has 0 unspecified atom stereocenters. The molecule has 3 rings (SSSR count). The highest BCUT2D eigenvalue weighted by molar-refractivity contribution is 9.11. The van der Waals surface area contributed by atoms with Crippen molar-refractivity contribution in [2.45, 2.75) is 6.54 Å². The van der Waals surface area contributed by atoms with Gasteiger partial charge in [-0.15, -0.1) is 11.3 Å². The molecule has 1 aromatic heterocycles. The van der Waals surface area contributed by atoms with Gasteiger partial charge in [-0.2, -0.15) is 0 Å². The summed E-state index contributed by atoms with van der Waals surface area (Å²) >= 11 is 11.4. The Labute approximate surface area is 137 Å². The highest BCUT2D eigenvalue weighted by Gasteiger charge is 2.17. The summed E-state index contributed by atoms with van der Waals surface area (Å²) in [6.07, 6.45) is 0. The monoisotopic (exact) mass is 370 g/mol. The maximum Gasteiger partial charge on any atom is 0.0701 e. The fourth-order valence-corrected chi connectivity index (χ4v) is 4.20. The van der Waals surface area contributed by atoms with Gasteiger partial charge in [-0.25, -0.2) is 0 Å². The molecule has 0 atom stereocenters. The number of piperazine rings is 1. The van der Waals surface area contributed by atoms with Crippen LogP contribution in [-0.2, 0) is 6.54 Å². The van der Waals surface area contributed by atoms with E-state index in [1.54, 1.807) is 0 Å². The summed E-state index contributed by atoms with van der Waals surface area (Å²) in [6.45, 7) is 5.38. The van der Waals surface area contributed by atoms with Crippen molar-refractivity contribution in [2.24, 2.45) is 0 Å². The third-order valence-electron chi connectivity index (χ3n) is 3.55. The molecule has 0 N–H and O–H groups in total. The number of thiophene rings is 1. The molecule has 106 valence electrons. The molecule has 1 fully saturated rings. The minimum absolute atomic E-state index is 0.813. The number of anilines is 1. The number of benzene rings is 1. The molecule has 0 saturated carbocycles. The first kappa shape index (κ1) is 14.4. The van der Waals surface area contributed by atoms with Crippen molar-refractivity contribution in [3.63, 3.8) is 0 Å². The van der Waals surface area contributed by atoms with Gasteiger partial charge in [0.1, 0.15) is 0 Å². The molecule has 0 radical (unpaired) electrons. The Morgan fingerprint density at radius 1 is 1.10 bits per heavy atom. The summed E-state index contributed by atoms with van der Waals surface area (Å²) in [7, 11) is 0. The van der Waals surface area contributed by atoms with E-state index >= 15 is 0 Å². The van der Waals surface area contributed by atoms with Gasteiger partial charge >= 0.3 is 0 Å². The Bertz CT molecular complexity index is 579. The second-order valence-electron chi connectivity index (χ2n) is 4.95. The quantitative estimate of drug-likeness (QED) is 0.784. The zero-order valence-corrected chi connectivity index (χ0v) is 14.2. The largest absolute Gasteiger partial charge is 0.369 e. The molecule has 2 nitrogen and oxygen atoms in total. The van der Waals surface area contributed by atoms with Crippen LogP contribution < -0.4 is 4.90 Å². The molecule has 0 amide bonds. The highest BCUT2D eigenvalue weighted by atomic mass is 79.9. The summed E-state index contributed by atoms with van der Waals surface area (Å²) in [4.78, 5) is 6.35. The molecule has 0 bridgehead atoms. The van der Waals surface area contributed by atoms with E-state index in [-0.39, 0.29) is 0 Å². The maximum absolute atomic E-state index is 6.06. The SMILES string of the molecule is Clc1cccc(N2CCN(Cc3ccc(Br)s3)CC2)c1. The Balaban J connectivity index is 1.57. The Kier molecular flexibility index (Phi) is 4.66. The van der Waals surface area contributed by atoms with E-state index in [2.05, 4.69) is 43.9 Å². The van der Waals surface area contributed by atoms with Crippen LogP contribution in [0.1, 0.15) is 4.88 Å². The smallest absolute Gasteiger partial charge is 0.0701 e. The van der Waals surface area contributed by atoms with Crippen LogP contribution >= 0.6 is 38.9 Å². The van der Waals surface area contributed by atoms with Crippen LogP contribution in [0, 0.1) is 0 Å². The van der Waals surface area contributed by atoms with Crippen molar-refractivity contribution in [2.75, 3.05) is 31.1 Å². The van der Waals surface area contributed by atoms with Gasteiger partial charge in [0.15, 0.2) is 0 Å². The van der Waals surface area contributed by atoms with Gasteiger partial charge in [-0.1, -0.05) is 17.7 Å². The number of hydrogen-bond donors (Lipinski definition) is 0. The van der Waals surface area contributed by atoms with Crippen molar-refractivity contribution < 1.29 is 0 Å². The van der Waals surface area contributed by atoms with Crippen molar-refractivity contribution >= 4 is 44.6 Å². The number of nitrogens with zero attached hydrogens (tertiary/aromatic N) is 2. The van der Waals surface area contributed by atoms with Crippen LogP contribution in [0.4, 0.5) is 5.69 Å². The van der Waals surface area contributed by atoms with E-state index in [1.165, 1.54) is 14.4 Å². The minimum atomic E-state index is 0.813. The molecule has 0 spiro atoms. The van der Waals surface area contributed by atoms with Gasteiger partial charge in [0.05, 0.1) is 3.79 Å². The summed E-state index contributed by atoms with van der Waals surface area (Å²) in [6, 6.07) is 12.5. The lowest BCUT2D eigenvalue weighted by Crippen LogP contribution is -2.45. The van der Waals surface area contributed by atoms with Crippen LogP contribution in [0.2, 0.25) is 5.02 Å².